The zero-order valence-corrected chi connectivity index (χ0v) is 18.2. The quantitative estimate of drug-likeness (QED) is 0.779. The molecule has 8 heteroatoms. The highest BCUT2D eigenvalue weighted by molar-refractivity contribution is 8.15. The number of amides is 1. The normalized spacial score (nSPS) is 22.1. The molecule has 2 N–H and O–H groups in total. The zero-order valence-electron chi connectivity index (χ0n) is 16.5. The highest BCUT2D eigenvalue weighted by atomic mass is 32.2. The van der Waals surface area contributed by atoms with E-state index in [2.05, 4.69) is 21.7 Å². The van der Waals surface area contributed by atoms with E-state index in [0.29, 0.717) is 10.7 Å². The van der Waals surface area contributed by atoms with Crippen molar-refractivity contribution < 1.29 is 13.2 Å². The average molecular weight is 430 g/mol. The number of carbonyl (C=O) groups excluding carboxylic acids is 1. The van der Waals surface area contributed by atoms with Crippen molar-refractivity contribution in [2.24, 2.45) is 4.99 Å². The number of fused-ring (bicyclic) bond motifs is 1. The van der Waals surface area contributed by atoms with Gasteiger partial charge < -0.3 is 10.6 Å². The number of hydrogen-bond acceptors (Lipinski definition) is 6. The second-order valence-corrected chi connectivity index (χ2v) is 11.1. The van der Waals surface area contributed by atoms with E-state index in [1.165, 1.54) is 11.8 Å². The van der Waals surface area contributed by atoms with Crippen LogP contribution in [0, 0.1) is 20.8 Å². The summed E-state index contributed by atoms with van der Waals surface area (Å²) in [6, 6.07) is 11.3. The molecule has 0 aromatic heterocycles. The summed E-state index contributed by atoms with van der Waals surface area (Å²) in [4.78, 5) is 17.3. The minimum atomic E-state index is -2.97. The Kier molecular flexibility index (Phi) is 5.16. The summed E-state index contributed by atoms with van der Waals surface area (Å²) in [6.07, 6.45) is 0. The Morgan fingerprint density at radius 3 is 2.48 bits per heavy atom. The molecular weight excluding hydrogens is 406 g/mol. The maximum Gasteiger partial charge on any atom is 0.255 e. The van der Waals surface area contributed by atoms with Gasteiger partial charge in [-0.3, -0.25) is 9.79 Å². The summed E-state index contributed by atoms with van der Waals surface area (Å²) in [7, 11) is -2.97. The summed E-state index contributed by atoms with van der Waals surface area (Å²) >= 11 is 1.47. The third-order valence-electron chi connectivity index (χ3n) is 5.04. The number of aliphatic imine (C=N–C) groups is 1. The molecule has 2 heterocycles. The molecule has 2 aliphatic heterocycles. The largest absolute Gasteiger partial charge is 0.335 e. The van der Waals surface area contributed by atoms with Crippen molar-refractivity contribution >= 4 is 44.0 Å². The lowest BCUT2D eigenvalue weighted by molar-refractivity contribution is 0.102. The van der Waals surface area contributed by atoms with Crippen LogP contribution in [0.3, 0.4) is 0 Å². The van der Waals surface area contributed by atoms with Crippen LogP contribution in [0.1, 0.15) is 27.0 Å². The van der Waals surface area contributed by atoms with Crippen molar-refractivity contribution in [2.45, 2.75) is 32.1 Å². The number of nitrogens with zero attached hydrogens (tertiary/aromatic N) is 1. The topological polar surface area (TPSA) is 87.6 Å². The SMILES string of the molecule is Cc1cc(C)cc(NC(=O)c2ccc(C)c(NC3=N[C@H]4CS(=O)(=O)C[C@@H]4S3)c2)c1. The van der Waals surface area contributed by atoms with E-state index in [1.54, 1.807) is 12.1 Å². The van der Waals surface area contributed by atoms with Gasteiger partial charge in [0, 0.05) is 22.2 Å². The molecule has 0 bridgehead atoms. The van der Waals surface area contributed by atoms with Crippen LogP contribution in [-0.4, -0.2) is 42.3 Å². The van der Waals surface area contributed by atoms with Gasteiger partial charge in [-0.15, -0.1) is 0 Å². The fraction of sp³-hybridized carbons (Fsp3) is 0.333. The van der Waals surface area contributed by atoms with Gasteiger partial charge in [-0.05, 0) is 61.7 Å². The molecule has 29 heavy (non-hydrogen) atoms. The number of carbonyl (C=O) groups is 1. The van der Waals surface area contributed by atoms with Gasteiger partial charge in [0.15, 0.2) is 15.0 Å². The fourth-order valence-corrected chi connectivity index (χ4v) is 7.35. The van der Waals surface area contributed by atoms with Gasteiger partial charge in [-0.1, -0.05) is 23.9 Å². The Labute approximate surface area is 175 Å². The maximum atomic E-state index is 12.7. The van der Waals surface area contributed by atoms with E-state index in [4.69, 9.17) is 0 Å². The number of benzene rings is 2. The second kappa shape index (κ2) is 7.50. The first-order valence-electron chi connectivity index (χ1n) is 9.41. The van der Waals surface area contributed by atoms with Gasteiger partial charge in [-0.25, -0.2) is 8.42 Å². The van der Waals surface area contributed by atoms with Crippen molar-refractivity contribution in [3.05, 3.63) is 58.7 Å². The lowest BCUT2D eigenvalue weighted by Gasteiger charge is -2.12. The number of thioether (sulfide) groups is 1. The summed E-state index contributed by atoms with van der Waals surface area (Å²) < 4.78 is 23.5. The number of rotatable bonds is 3. The zero-order chi connectivity index (χ0) is 20.8. The van der Waals surface area contributed by atoms with Crippen LogP contribution in [0.5, 0.6) is 0 Å². The molecule has 0 saturated carbocycles. The first-order chi connectivity index (χ1) is 13.7. The maximum absolute atomic E-state index is 12.7. The van der Waals surface area contributed by atoms with Gasteiger partial charge in [-0.2, -0.15) is 0 Å². The lowest BCUT2D eigenvalue weighted by Crippen LogP contribution is -2.15. The molecule has 0 aliphatic carbocycles. The Hall–Kier alpha value is -2.32. The van der Waals surface area contributed by atoms with Crippen molar-refractivity contribution in [1.29, 1.82) is 0 Å². The van der Waals surface area contributed by atoms with E-state index >= 15 is 0 Å². The number of aryl methyl sites for hydroxylation is 3. The Bertz CT molecular complexity index is 1110. The molecule has 2 aliphatic rings. The van der Waals surface area contributed by atoms with Gasteiger partial charge in [0.2, 0.25) is 0 Å². The fourth-order valence-electron chi connectivity index (χ4n) is 3.68. The molecule has 0 spiro atoms. The highest BCUT2D eigenvalue weighted by Gasteiger charge is 2.42. The van der Waals surface area contributed by atoms with Crippen LogP contribution < -0.4 is 10.6 Å². The number of sulfone groups is 1. The smallest absolute Gasteiger partial charge is 0.255 e. The van der Waals surface area contributed by atoms with Crippen LogP contribution in [0.15, 0.2) is 41.4 Å². The van der Waals surface area contributed by atoms with E-state index < -0.39 is 9.84 Å². The number of amidine groups is 1. The van der Waals surface area contributed by atoms with Crippen LogP contribution in [0.2, 0.25) is 0 Å². The lowest BCUT2D eigenvalue weighted by atomic mass is 10.1. The third kappa shape index (κ3) is 4.48. The molecule has 0 radical (unpaired) electrons. The molecule has 1 saturated heterocycles. The number of nitrogens with one attached hydrogen (secondary N) is 2. The highest BCUT2D eigenvalue weighted by Crippen LogP contribution is 2.35. The standard InChI is InChI=1S/C21H23N3O3S2/c1-12-6-13(2)8-16(7-12)22-20(25)15-5-4-14(3)17(9-15)23-21-24-18-10-29(26,27)11-19(18)28-21/h4-9,18-19H,10-11H2,1-3H3,(H,22,25)(H,23,24)/t18-,19-/m0/s1. The monoisotopic (exact) mass is 429 g/mol. The Morgan fingerprint density at radius 2 is 1.79 bits per heavy atom. The van der Waals surface area contributed by atoms with Crippen LogP contribution >= 0.6 is 11.8 Å². The van der Waals surface area contributed by atoms with E-state index in [9.17, 15) is 13.2 Å². The summed E-state index contributed by atoms with van der Waals surface area (Å²) in [6.45, 7) is 5.95. The van der Waals surface area contributed by atoms with Crippen LogP contribution in [0.25, 0.3) is 0 Å². The molecule has 2 aromatic rings. The second-order valence-electron chi connectivity index (χ2n) is 7.72. The molecular formula is C21H23N3O3S2. The molecule has 6 nitrogen and oxygen atoms in total. The summed E-state index contributed by atoms with van der Waals surface area (Å²) in [5.74, 6) is 0.115. The van der Waals surface area contributed by atoms with Crippen molar-refractivity contribution in [3.63, 3.8) is 0 Å². The summed E-state index contributed by atoms with van der Waals surface area (Å²) in [5, 5.41) is 6.93. The van der Waals surface area contributed by atoms with Crippen LogP contribution in [-0.2, 0) is 9.84 Å². The van der Waals surface area contributed by atoms with E-state index in [1.807, 2.05) is 39.0 Å². The molecule has 1 fully saturated rings. The first-order valence-corrected chi connectivity index (χ1v) is 12.1. The van der Waals surface area contributed by atoms with E-state index in [0.717, 1.165) is 28.1 Å². The molecule has 152 valence electrons. The first kappa shape index (κ1) is 20.0. The predicted octanol–water partition coefficient (Wildman–Crippen LogP) is 3.54. The summed E-state index contributed by atoms with van der Waals surface area (Å²) in [5.41, 5.74) is 5.29. The van der Waals surface area contributed by atoms with Gasteiger partial charge >= 0.3 is 0 Å². The molecule has 4 rings (SSSR count). The minimum absolute atomic E-state index is 0.0150. The average Bonchev–Trinajstić information content (AvgIpc) is 3.08. The molecule has 0 unspecified atom stereocenters. The van der Waals surface area contributed by atoms with Gasteiger partial charge in [0.1, 0.15) is 0 Å². The third-order valence-corrected chi connectivity index (χ3v) is 8.18. The predicted molar refractivity (Wildman–Crippen MR) is 120 cm³/mol. The number of anilines is 2. The van der Waals surface area contributed by atoms with Crippen molar-refractivity contribution in [1.82, 2.24) is 0 Å². The van der Waals surface area contributed by atoms with Gasteiger partial charge in [0.05, 0.1) is 17.5 Å². The van der Waals surface area contributed by atoms with Crippen molar-refractivity contribution in [3.8, 4) is 0 Å². The van der Waals surface area contributed by atoms with Crippen molar-refractivity contribution in [2.75, 3.05) is 22.1 Å². The Morgan fingerprint density at radius 1 is 1.07 bits per heavy atom. The van der Waals surface area contributed by atoms with E-state index in [-0.39, 0.29) is 28.7 Å². The Balaban J connectivity index is 1.50. The van der Waals surface area contributed by atoms with Gasteiger partial charge in [0.25, 0.3) is 5.91 Å². The minimum Gasteiger partial charge on any atom is -0.335 e. The molecule has 1 amide bonds. The van der Waals surface area contributed by atoms with Crippen LogP contribution in [0.4, 0.5) is 11.4 Å². The number of hydrogen-bond donors (Lipinski definition) is 2. The molecule has 2 atom stereocenters. The molecule has 2 aromatic carbocycles.